The van der Waals surface area contributed by atoms with Gasteiger partial charge in [0.05, 0.1) is 17.2 Å². The number of amides is 1. The van der Waals surface area contributed by atoms with Gasteiger partial charge in [0.1, 0.15) is 0 Å². The van der Waals surface area contributed by atoms with Crippen LogP contribution >= 0.6 is 0 Å². The molecule has 0 aliphatic rings. The number of hydrogen-bond acceptors (Lipinski definition) is 3. The number of carbonyl (C=O) groups excluding carboxylic acids is 1. The van der Waals surface area contributed by atoms with Crippen molar-refractivity contribution >= 4 is 16.8 Å². The van der Waals surface area contributed by atoms with E-state index < -0.39 is 5.91 Å². The molecule has 2 aromatic rings. The summed E-state index contributed by atoms with van der Waals surface area (Å²) in [6.45, 7) is 0. The predicted molar refractivity (Wildman–Crippen MR) is 56.0 cm³/mol. The van der Waals surface area contributed by atoms with E-state index in [2.05, 4.69) is 5.29 Å². The van der Waals surface area contributed by atoms with Crippen molar-refractivity contribution < 1.29 is 4.79 Å². The summed E-state index contributed by atoms with van der Waals surface area (Å²) in [6.07, 6.45) is 1.64. The van der Waals surface area contributed by atoms with Crippen LogP contribution < -0.4 is 5.73 Å². The molecule has 0 saturated carbocycles. The summed E-state index contributed by atoms with van der Waals surface area (Å²) in [5.74, 6) is -0.427. The van der Waals surface area contributed by atoms with Crippen molar-refractivity contribution in [1.29, 1.82) is 0 Å². The number of para-hydroxylation sites is 1. The molecule has 5 nitrogen and oxygen atoms in total. The Bertz CT molecular complexity index is 530. The molecule has 0 aliphatic carbocycles. The fourth-order valence-electron chi connectivity index (χ4n) is 1.63. The zero-order valence-electron chi connectivity index (χ0n) is 7.88. The number of nitrogens with zero attached hydrogens (tertiary/aromatic N) is 2. The van der Waals surface area contributed by atoms with Crippen LogP contribution in [0.2, 0.25) is 0 Å². The lowest BCUT2D eigenvalue weighted by Gasteiger charge is -1.93. The minimum Gasteiger partial charge on any atom is -0.369 e. The summed E-state index contributed by atoms with van der Waals surface area (Å²) in [5, 5.41) is 3.67. The number of nitrogens with two attached hydrogens (primary N) is 1. The first-order valence-corrected chi connectivity index (χ1v) is 4.43. The maximum absolute atomic E-state index is 10.8. The molecule has 0 bridgehead atoms. The Morgan fingerprint density at radius 1 is 1.40 bits per heavy atom. The molecular formula is C10H9N3O2. The van der Waals surface area contributed by atoms with E-state index in [0.29, 0.717) is 5.52 Å². The van der Waals surface area contributed by atoms with Gasteiger partial charge in [0.2, 0.25) is 5.91 Å². The van der Waals surface area contributed by atoms with Gasteiger partial charge in [0.15, 0.2) is 0 Å². The smallest absolute Gasteiger partial charge is 0.221 e. The molecule has 0 radical (unpaired) electrons. The van der Waals surface area contributed by atoms with Gasteiger partial charge < -0.3 is 5.73 Å². The van der Waals surface area contributed by atoms with Crippen molar-refractivity contribution in [3.05, 3.63) is 40.9 Å². The Morgan fingerprint density at radius 3 is 2.80 bits per heavy atom. The molecule has 0 saturated heterocycles. The zero-order chi connectivity index (χ0) is 10.8. The molecule has 0 spiro atoms. The lowest BCUT2D eigenvalue weighted by molar-refractivity contribution is -0.117. The minimum atomic E-state index is -0.427. The number of carbonyl (C=O) groups is 1. The van der Waals surface area contributed by atoms with Gasteiger partial charge in [-0.15, -0.1) is 4.91 Å². The van der Waals surface area contributed by atoms with Gasteiger partial charge in [-0.25, -0.2) is 4.68 Å². The van der Waals surface area contributed by atoms with Crippen LogP contribution in [0.3, 0.4) is 0 Å². The quantitative estimate of drug-likeness (QED) is 0.761. The van der Waals surface area contributed by atoms with Crippen LogP contribution in [0, 0.1) is 4.91 Å². The largest absolute Gasteiger partial charge is 0.369 e. The van der Waals surface area contributed by atoms with Gasteiger partial charge in [0, 0.05) is 11.6 Å². The van der Waals surface area contributed by atoms with E-state index in [-0.39, 0.29) is 6.42 Å². The molecule has 76 valence electrons. The Hall–Kier alpha value is -2.17. The molecule has 1 aromatic carbocycles. The first kappa shape index (κ1) is 9.39. The van der Waals surface area contributed by atoms with Crippen LogP contribution in [0.1, 0.15) is 5.56 Å². The van der Waals surface area contributed by atoms with E-state index in [9.17, 15) is 9.70 Å². The van der Waals surface area contributed by atoms with Gasteiger partial charge >= 0.3 is 0 Å². The number of aromatic nitrogens is 1. The highest BCUT2D eigenvalue weighted by Crippen LogP contribution is 2.21. The van der Waals surface area contributed by atoms with Crippen LogP contribution in [0.5, 0.6) is 0 Å². The molecule has 15 heavy (non-hydrogen) atoms. The molecule has 0 atom stereocenters. The molecule has 1 amide bonds. The van der Waals surface area contributed by atoms with Gasteiger partial charge in [-0.1, -0.05) is 18.2 Å². The molecule has 1 aromatic heterocycles. The maximum Gasteiger partial charge on any atom is 0.221 e. The van der Waals surface area contributed by atoms with Crippen LogP contribution in [-0.2, 0) is 11.2 Å². The number of primary amides is 1. The van der Waals surface area contributed by atoms with Crippen molar-refractivity contribution in [1.82, 2.24) is 4.68 Å². The second kappa shape index (κ2) is 3.53. The highest BCUT2D eigenvalue weighted by molar-refractivity contribution is 5.88. The van der Waals surface area contributed by atoms with Crippen molar-refractivity contribution in [2.45, 2.75) is 6.42 Å². The third-order valence-electron chi connectivity index (χ3n) is 2.23. The average molecular weight is 203 g/mol. The first-order valence-electron chi connectivity index (χ1n) is 4.43. The molecule has 0 fully saturated rings. The number of rotatable bonds is 3. The van der Waals surface area contributed by atoms with Crippen molar-refractivity contribution in [2.75, 3.05) is 0 Å². The fourth-order valence-corrected chi connectivity index (χ4v) is 1.63. The Labute approximate surface area is 85.4 Å². The highest BCUT2D eigenvalue weighted by Gasteiger charge is 2.09. The number of hydrogen-bond donors (Lipinski definition) is 1. The zero-order valence-corrected chi connectivity index (χ0v) is 7.88. The Kier molecular flexibility index (Phi) is 2.21. The van der Waals surface area contributed by atoms with E-state index >= 15 is 0 Å². The van der Waals surface area contributed by atoms with Gasteiger partial charge in [0.25, 0.3) is 0 Å². The molecule has 0 aliphatic heterocycles. The second-order valence-electron chi connectivity index (χ2n) is 3.24. The Balaban J connectivity index is 2.64. The monoisotopic (exact) mass is 203 g/mol. The lowest BCUT2D eigenvalue weighted by atomic mass is 10.1. The van der Waals surface area contributed by atoms with Crippen molar-refractivity contribution in [3.8, 4) is 0 Å². The van der Waals surface area contributed by atoms with E-state index in [1.165, 1.54) is 10.9 Å². The number of benzene rings is 1. The number of nitroso groups, excluding NO2 is 1. The van der Waals surface area contributed by atoms with Crippen LogP contribution in [-0.4, -0.2) is 10.6 Å². The summed E-state index contributed by atoms with van der Waals surface area (Å²) in [5.41, 5.74) is 6.51. The minimum absolute atomic E-state index is 0.114. The maximum atomic E-state index is 10.8. The van der Waals surface area contributed by atoms with Crippen LogP contribution in [0.15, 0.2) is 35.7 Å². The van der Waals surface area contributed by atoms with E-state index in [0.717, 1.165) is 10.9 Å². The predicted octanol–water partition coefficient (Wildman–Crippen LogP) is 1.20. The summed E-state index contributed by atoms with van der Waals surface area (Å²) in [4.78, 5) is 21.3. The van der Waals surface area contributed by atoms with Crippen molar-refractivity contribution in [2.24, 2.45) is 11.0 Å². The number of fused-ring (bicyclic) bond motifs is 1. The average Bonchev–Trinajstić information content (AvgIpc) is 2.56. The topological polar surface area (TPSA) is 77.5 Å². The van der Waals surface area contributed by atoms with Gasteiger partial charge in [-0.2, -0.15) is 0 Å². The summed E-state index contributed by atoms with van der Waals surface area (Å²) >= 11 is 0. The highest BCUT2D eigenvalue weighted by atomic mass is 16.3. The molecule has 2 rings (SSSR count). The molecule has 0 unspecified atom stereocenters. The summed E-state index contributed by atoms with van der Waals surface area (Å²) in [7, 11) is 0. The van der Waals surface area contributed by atoms with Gasteiger partial charge in [-0.05, 0) is 11.6 Å². The third-order valence-corrected chi connectivity index (χ3v) is 2.23. The standard InChI is InChI=1S/C10H9N3O2/c11-10(14)5-7-6-13(12-15)9-4-2-1-3-8(7)9/h1-4,6H,5H2,(H2,11,14). The SMILES string of the molecule is NC(=O)Cc1cn(N=O)c2ccccc12. The first-order chi connectivity index (χ1) is 7.22. The second-order valence-corrected chi connectivity index (χ2v) is 3.24. The lowest BCUT2D eigenvalue weighted by Crippen LogP contribution is -2.13. The van der Waals surface area contributed by atoms with Crippen molar-refractivity contribution in [3.63, 3.8) is 0 Å². The molecule has 1 heterocycles. The molecule has 2 N–H and O–H groups in total. The van der Waals surface area contributed by atoms with Crippen LogP contribution in [0.25, 0.3) is 10.9 Å². The van der Waals surface area contributed by atoms with Crippen LogP contribution in [0.4, 0.5) is 0 Å². The third kappa shape index (κ3) is 1.59. The van der Waals surface area contributed by atoms with E-state index in [4.69, 9.17) is 5.73 Å². The Morgan fingerprint density at radius 2 is 2.13 bits per heavy atom. The van der Waals surface area contributed by atoms with E-state index in [1.54, 1.807) is 12.1 Å². The summed E-state index contributed by atoms with van der Waals surface area (Å²) in [6, 6.07) is 7.23. The normalized spacial score (nSPS) is 10.4. The summed E-state index contributed by atoms with van der Waals surface area (Å²) < 4.78 is 1.20. The van der Waals surface area contributed by atoms with Gasteiger partial charge in [-0.3, -0.25) is 4.79 Å². The molecular weight excluding hydrogens is 194 g/mol. The fraction of sp³-hybridized carbons (Fsp3) is 0.100. The molecule has 5 heteroatoms. The van der Waals surface area contributed by atoms with E-state index in [1.807, 2.05) is 12.1 Å².